The van der Waals surface area contributed by atoms with Gasteiger partial charge in [0.25, 0.3) is 5.91 Å². The summed E-state index contributed by atoms with van der Waals surface area (Å²) in [4.78, 5) is 31.3. The highest BCUT2D eigenvalue weighted by molar-refractivity contribution is 6.30. The Morgan fingerprint density at radius 2 is 1.64 bits per heavy atom. The van der Waals surface area contributed by atoms with Crippen LogP contribution in [0.25, 0.3) is 0 Å². The van der Waals surface area contributed by atoms with E-state index >= 15 is 0 Å². The molecule has 2 aromatic carbocycles. The number of ether oxygens (including phenoxy) is 1. The zero-order chi connectivity index (χ0) is 19.7. The van der Waals surface area contributed by atoms with Gasteiger partial charge in [-0.2, -0.15) is 0 Å². The van der Waals surface area contributed by atoms with E-state index in [9.17, 15) is 9.59 Å². The highest BCUT2D eigenvalue weighted by atomic mass is 35.5. The van der Waals surface area contributed by atoms with Gasteiger partial charge in [0.2, 0.25) is 5.91 Å². The molecule has 0 aliphatic carbocycles. The number of carbonyl (C=O) groups excluding carboxylic acids is 2. The second-order valence-electron chi connectivity index (χ2n) is 6.96. The van der Waals surface area contributed by atoms with Crippen LogP contribution in [0.3, 0.4) is 0 Å². The lowest BCUT2D eigenvalue weighted by Gasteiger charge is -2.38. The van der Waals surface area contributed by atoms with Crippen LogP contribution < -0.4 is 14.5 Å². The first-order valence-corrected chi connectivity index (χ1v) is 9.70. The Bertz CT molecular complexity index is 879. The van der Waals surface area contributed by atoms with Crippen molar-refractivity contribution in [3.63, 3.8) is 0 Å². The Hall–Kier alpha value is -2.57. The number of imide groups is 1. The third kappa shape index (κ3) is 3.45. The SMILES string of the molecule is COc1ccccc1N1C(=O)C[C@H](N2CCN(c3ccc(Cl)cc3)CC2)C1=O. The minimum Gasteiger partial charge on any atom is -0.495 e. The summed E-state index contributed by atoms with van der Waals surface area (Å²) < 4.78 is 5.33. The summed E-state index contributed by atoms with van der Waals surface area (Å²) in [6.07, 6.45) is 0.206. The average Bonchev–Trinajstić information content (AvgIpc) is 3.02. The van der Waals surface area contributed by atoms with Gasteiger partial charge in [0.1, 0.15) is 5.75 Å². The van der Waals surface area contributed by atoms with Crippen LogP contribution in [-0.2, 0) is 9.59 Å². The number of anilines is 2. The fourth-order valence-electron chi connectivity index (χ4n) is 3.91. The minimum atomic E-state index is -0.412. The van der Waals surface area contributed by atoms with Crippen molar-refractivity contribution in [2.45, 2.75) is 12.5 Å². The number of hydrogen-bond donors (Lipinski definition) is 0. The van der Waals surface area contributed by atoms with Crippen molar-refractivity contribution in [3.05, 3.63) is 53.6 Å². The van der Waals surface area contributed by atoms with E-state index in [-0.39, 0.29) is 18.2 Å². The number of amides is 2. The summed E-state index contributed by atoms with van der Waals surface area (Å²) >= 11 is 5.97. The van der Waals surface area contributed by atoms with Gasteiger partial charge in [-0.05, 0) is 36.4 Å². The number of methoxy groups -OCH3 is 1. The molecule has 0 N–H and O–H groups in total. The van der Waals surface area contributed by atoms with Gasteiger partial charge >= 0.3 is 0 Å². The molecule has 2 aliphatic rings. The standard InChI is InChI=1S/C21H22ClN3O3/c1-28-19-5-3-2-4-17(19)25-20(26)14-18(21(25)27)24-12-10-23(11-13-24)16-8-6-15(22)7-9-16/h2-9,18H,10-14H2,1H3/t18-/m0/s1. The average molecular weight is 400 g/mol. The largest absolute Gasteiger partial charge is 0.495 e. The van der Waals surface area contributed by atoms with Gasteiger partial charge in [-0.15, -0.1) is 0 Å². The lowest BCUT2D eigenvalue weighted by atomic mass is 10.1. The van der Waals surface area contributed by atoms with E-state index in [1.165, 1.54) is 12.0 Å². The molecule has 0 bridgehead atoms. The maximum Gasteiger partial charge on any atom is 0.251 e. The molecule has 146 valence electrons. The molecule has 2 fully saturated rings. The van der Waals surface area contributed by atoms with Crippen LogP contribution in [0.1, 0.15) is 6.42 Å². The summed E-state index contributed by atoms with van der Waals surface area (Å²) in [5, 5.41) is 0.717. The zero-order valence-electron chi connectivity index (χ0n) is 15.7. The van der Waals surface area contributed by atoms with Crippen molar-refractivity contribution in [1.82, 2.24) is 4.90 Å². The number of benzene rings is 2. The van der Waals surface area contributed by atoms with E-state index < -0.39 is 6.04 Å². The molecule has 2 saturated heterocycles. The molecule has 0 saturated carbocycles. The second kappa shape index (κ2) is 7.81. The van der Waals surface area contributed by atoms with Crippen LogP contribution in [-0.4, -0.2) is 56.0 Å². The summed E-state index contributed by atoms with van der Waals surface area (Å²) in [5.74, 6) is 0.173. The van der Waals surface area contributed by atoms with Crippen molar-refractivity contribution in [2.24, 2.45) is 0 Å². The fraction of sp³-hybridized carbons (Fsp3) is 0.333. The van der Waals surface area contributed by atoms with Gasteiger partial charge in [-0.1, -0.05) is 23.7 Å². The van der Waals surface area contributed by atoms with Gasteiger partial charge in [0.05, 0.1) is 25.3 Å². The lowest BCUT2D eigenvalue weighted by molar-refractivity contribution is -0.123. The first-order valence-electron chi connectivity index (χ1n) is 9.33. The van der Waals surface area contributed by atoms with Crippen molar-refractivity contribution in [1.29, 1.82) is 0 Å². The van der Waals surface area contributed by atoms with Crippen molar-refractivity contribution in [3.8, 4) is 5.75 Å². The molecule has 0 aromatic heterocycles. The van der Waals surface area contributed by atoms with Crippen LogP contribution in [0.5, 0.6) is 5.75 Å². The Morgan fingerprint density at radius 1 is 0.964 bits per heavy atom. The Morgan fingerprint density at radius 3 is 2.32 bits per heavy atom. The summed E-state index contributed by atoms with van der Waals surface area (Å²) in [7, 11) is 1.54. The molecule has 4 rings (SSSR count). The van der Waals surface area contributed by atoms with Gasteiger partial charge in [0.15, 0.2) is 0 Å². The Kier molecular flexibility index (Phi) is 5.24. The van der Waals surface area contributed by atoms with E-state index in [4.69, 9.17) is 16.3 Å². The number of carbonyl (C=O) groups is 2. The van der Waals surface area contributed by atoms with Crippen LogP contribution in [0.15, 0.2) is 48.5 Å². The zero-order valence-corrected chi connectivity index (χ0v) is 16.4. The summed E-state index contributed by atoms with van der Waals surface area (Å²) in [6.45, 7) is 3.06. The molecule has 0 unspecified atom stereocenters. The van der Waals surface area contributed by atoms with Gasteiger partial charge in [0, 0.05) is 36.9 Å². The van der Waals surface area contributed by atoms with Gasteiger partial charge in [-0.3, -0.25) is 14.5 Å². The van der Waals surface area contributed by atoms with E-state index in [0.717, 1.165) is 31.9 Å². The molecule has 0 radical (unpaired) electrons. The molecule has 2 amide bonds. The van der Waals surface area contributed by atoms with E-state index in [1.807, 2.05) is 30.3 Å². The predicted molar refractivity (Wildman–Crippen MR) is 109 cm³/mol. The van der Waals surface area contributed by atoms with Gasteiger partial charge < -0.3 is 9.64 Å². The molecule has 6 nitrogen and oxygen atoms in total. The molecular formula is C21H22ClN3O3. The first kappa shape index (κ1) is 18.8. The van der Waals surface area contributed by atoms with E-state index in [0.29, 0.717) is 16.5 Å². The fourth-order valence-corrected chi connectivity index (χ4v) is 4.04. The third-order valence-corrected chi connectivity index (χ3v) is 5.65. The number of para-hydroxylation sites is 2. The first-order chi connectivity index (χ1) is 13.6. The highest BCUT2D eigenvalue weighted by Crippen LogP contribution is 2.33. The molecule has 2 aromatic rings. The van der Waals surface area contributed by atoms with Crippen molar-refractivity contribution in [2.75, 3.05) is 43.1 Å². The second-order valence-corrected chi connectivity index (χ2v) is 7.40. The number of nitrogens with zero attached hydrogens (tertiary/aromatic N) is 3. The monoisotopic (exact) mass is 399 g/mol. The third-order valence-electron chi connectivity index (χ3n) is 5.40. The molecule has 2 aliphatic heterocycles. The van der Waals surface area contributed by atoms with E-state index in [1.54, 1.807) is 18.2 Å². The van der Waals surface area contributed by atoms with Crippen LogP contribution in [0, 0.1) is 0 Å². The minimum absolute atomic E-state index is 0.172. The Balaban J connectivity index is 1.45. The molecule has 7 heteroatoms. The Labute approximate surface area is 169 Å². The number of piperazine rings is 1. The van der Waals surface area contributed by atoms with E-state index in [2.05, 4.69) is 9.80 Å². The normalized spacial score (nSPS) is 20.7. The number of hydrogen-bond acceptors (Lipinski definition) is 5. The van der Waals surface area contributed by atoms with Gasteiger partial charge in [-0.25, -0.2) is 4.90 Å². The quantitative estimate of drug-likeness (QED) is 0.740. The smallest absolute Gasteiger partial charge is 0.251 e. The number of halogens is 1. The van der Waals surface area contributed by atoms with Crippen LogP contribution >= 0.6 is 11.6 Å². The van der Waals surface area contributed by atoms with Crippen LogP contribution in [0.4, 0.5) is 11.4 Å². The summed E-state index contributed by atoms with van der Waals surface area (Å²) in [6, 6.07) is 14.5. The number of rotatable bonds is 4. The highest BCUT2D eigenvalue weighted by Gasteiger charge is 2.44. The summed E-state index contributed by atoms with van der Waals surface area (Å²) in [5.41, 5.74) is 1.64. The van der Waals surface area contributed by atoms with Crippen molar-refractivity contribution >= 4 is 34.8 Å². The molecule has 28 heavy (non-hydrogen) atoms. The maximum atomic E-state index is 13.1. The van der Waals surface area contributed by atoms with Crippen LogP contribution in [0.2, 0.25) is 5.02 Å². The molecule has 2 heterocycles. The maximum absolute atomic E-state index is 13.1. The molecule has 0 spiro atoms. The lowest BCUT2D eigenvalue weighted by Crippen LogP contribution is -2.52. The molecule has 1 atom stereocenters. The van der Waals surface area contributed by atoms with Crippen molar-refractivity contribution < 1.29 is 14.3 Å². The molecular weight excluding hydrogens is 378 g/mol. The predicted octanol–water partition coefficient (Wildman–Crippen LogP) is 2.80. The topological polar surface area (TPSA) is 53.1 Å².